The van der Waals surface area contributed by atoms with E-state index in [0.29, 0.717) is 0 Å². The SMILES string of the molecule is C1=C[NH2+]C=C1.COS(=O)(=O)[O-]. The highest BCUT2D eigenvalue weighted by atomic mass is 32.3. The number of hydrogen-bond acceptors (Lipinski definition) is 4. The van der Waals surface area contributed by atoms with Gasteiger partial charge in [0.15, 0.2) is 0 Å². The summed E-state index contributed by atoms with van der Waals surface area (Å²) in [7, 11) is -3.60. The van der Waals surface area contributed by atoms with E-state index in [-0.39, 0.29) is 0 Å². The van der Waals surface area contributed by atoms with Crippen LogP contribution in [0.1, 0.15) is 0 Å². The van der Waals surface area contributed by atoms with Crippen LogP contribution < -0.4 is 5.32 Å². The van der Waals surface area contributed by atoms with Crippen molar-refractivity contribution in [2.75, 3.05) is 7.11 Å². The molecule has 2 N–H and O–H groups in total. The number of hydrogen-bond donors (Lipinski definition) is 1. The summed E-state index contributed by atoms with van der Waals surface area (Å²) in [5, 5.41) is 2.00. The first kappa shape index (κ1) is 10.3. The summed E-state index contributed by atoms with van der Waals surface area (Å²) in [5.74, 6) is 0. The Hall–Kier alpha value is -0.690. The van der Waals surface area contributed by atoms with Gasteiger partial charge >= 0.3 is 0 Å². The van der Waals surface area contributed by atoms with Gasteiger partial charge in [0.25, 0.3) is 0 Å². The predicted octanol–water partition coefficient (Wildman–Crippen LogP) is -1.32. The Morgan fingerprint density at radius 2 is 1.73 bits per heavy atom. The second-order valence-electron chi connectivity index (χ2n) is 1.54. The van der Waals surface area contributed by atoms with Gasteiger partial charge < -0.3 is 4.55 Å². The smallest absolute Gasteiger partial charge is 0.217 e. The second-order valence-corrected chi connectivity index (χ2v) is 2.69. The third kappa shape index (κ3) is 9.31. The molecule has 0 atom stereocenters. The summed E-state index contributed by atoms with van der Waals surface area (Å²) in [5.41, 5.74) is 0. The van der Waals surface area contributed by atoms with E-state index in [1.54, 1.807) is 0 Å². The van der Waals surface area contributed by atoms with E-state index in [2.05, 4.69) is 4.18 Å². The molecule has 0 saturated heterocycles. The van der Waals surface area contributed by atoms with E-state index in [0.717, 1.165) is 7.11 Å². The van der Waals surface area contributed by atoms with Gasteiger partial charge in [-0.25, -0.2) is 8.42 Å². The maximum absolute atomic E-state index is 9.22. The van der Waals surface area contributed by atoms with E-state index in [4.69, 9.17) is 0 Å². The van der Waals surface area contributed by atoms with Crippen LogP contribution in [0.5, 0.6) is 0 Å². The minimum absolute atomic E-state index is 0.808. The first-order valence-corrected chi connectivity index (χ1v) is 4.07. The zero-order valence-corrected chi connectivity index (χ0v) is 6.74. The molecule has 1 heterocycles. The maximum atomic E-state index is 9.22. The first-order chi connectivity index (χ1) is 5.06. The molecule has 0 spiro atoms. The Balaban J connectivity index is 0.000000183. The number of quaternary nitrogens is 1. The highest BCUT2D eigenvalue weighted by Gasteiger charge is 1.79. The van der Waals surface area contributed by atoms with Gasteiger partial charge in [0.1, 0.15) is 0 Å². The van der Waals surface area contributed by atoms with Crippen molar-refractivity contribution in [1.29, 1.82) is 0 Å². The molecule has 5 nitrogen and oxygen atoms in total. The molecule has 11 heavy (non-hydrogen) atoms. The lowest BCUT2D eigenvalue weighted by Crippen LogP contribution is -2.69. The van der Waals surface area contributed by atoms with Crippen molar-refractivity contribution in [3.8, 4) is 0 Å². The van der Waals surface area contributed by atoms with Crippen molar-refractivity contribution in [1.82, 2.24) is 0 Å². The lowest BCUT2D eigenvalue weighted by atomic mass is 10.6. The topological polar surface area (TPSA) is 83.0 Å². The molecule has 1 aliphatic rings. The zero-order chi connectivity index (χ0) is 8.74. The van der Waals surface area contributed by atoms with Crippen molar-refractivity contribution in [3.05, 3.63) is 24.6 Å². The largest absolute Gasteiger partial charge is 0.726 e. The molecule has 0 aromatic heterocycles. The summed E-state index contributed by atoms with van der Waals surface area (Å²) in [6.45, 7) is 0. The minimum Gasteiger partial charge on any atom is -0.726 e. The normalized spacial score (nSPS) is 14.4. The fourth-order valence-corrected chi connectivity index (χ4v) is 0.321. The molecule has 0 saturated carbocycles. The average Bonchev–Trinajstić information content (AvgIpc) is 2.41. The highest BCUT2D eigenvalue weighted by molar-refractivity contribution is 7.80. The molecular formula is C5H9NO4S. The summed E-state index contributed by atoms with van der Waals surface area (Å²) < 4.78 is 31.0. The van der Waals surface area contributed by atoms with Crippen LogP contribution in [0, 0.1) is 0 Å². The van der Waals surface area contributed by atoms with Crippen LogP contribution in [0.25, 0.3) is 0 Å². The number of nitrogens with two attached hydrogens (primary N) is 1. The Kier molecular flexibility index (Phi) is 4.71. The molecule has 0 amide bonds. The van der Waals surface area contributed by atoms with E-state index in [1.807, 2.05) is 29.9 Å². The molecule has 0 bridgehead atoms. The summed E-state index contributed by atoms with van der Waals surface area (Å²) in [4.78, 5) is 0. The lowest BCUT2D eigenvalue weighted by molar-refractivity contribution is -0.510. The third-order valence-electron chi connectivity index (χ3n) is 0.760. The molecule has 1 aliphatic heterocycles. The summed E-state index contributed by atoms with van der Waals surface area (Å²) in [6.07, 6.45) is 8.00. The monoisotopic (exact) mass is 179 g/mol. The van der Waals surface area contributed by atoms with E-state index in [9.17, 15) is 13.0 Å². The van der Waals surface area contributed by atoms with Gasteiger partial charge in [-0.3, -0.25) is 9.50 Å². The Morgan fingerprint density at radius 1 is 1.36 bits per heavy atom. The molecule has 6 heteroatoms. The molecule has 0 unspecified atom stereocenters. The summed E-state index contributed by atoms with van der Waals surface area (Å²) >= 11 is 0. The van der Waals surface area contributed by atoms with Crippen molar-refractivity contribution >= 4 is 10.4 Å². The Labute approximate surface area is 65.3 Å². The second kappa shape index (κ2) is 5.03. The molecule has 1 rings (SSSR count). The van der Waals surface area contributed by atoms with Crippen LogP contribution >= 0.6 is 0 Å². The van der Waals surface area contributed by atoms with Crippen molar-refractivity contribution in [3.63, 3.8) is 0 Å². The van der Waals surface area contributed by atoms with Crippen LogP contribution in [0.2, 0.25) is 0 Å². The van der Waals surface area contributed by atoms with Crippen LogP contribution in [0.15, 0.2) is 24.6 Å². The molecular weight excluding hydrogens is 170 g/mol. The highest BCUT2D eigenvalue weighted by Crippen LogP contribution is 1.74. The third-order valence-corrected chi connectivity index (χ3v) is 1.17. The standard InChI is InChI=1S/C4H5N.CH4O4S/c1-2-4-5-3-1;1-5-6(2,3)4/h1-5H;1H3,(H,2,3,4). The van der Waals surface area contributed by atoms with Crippen molar-refractivity contribution < 1.29 is 22.5 Å². The van der Waals surface area contributed by atoms with E-state index >= 15 is 0 Å². The van der Waals surface area contributed by atoms with Gasteiger partial charge in [-0.05, 0) is 12.2 Å². The van der Waals surface area contributed by atoms with Gasteiger partial charge in [0.05, 0.1) is 19.5 Å². The summed E-state index contributed by atoms with van der Waals surface area (Å²) in [6, 6.07) is 0. The van der Waals surface area contributed by atoms with Gasteiger partial charge in [-0.15, -0.1) is 0 Å². The maximum Gasteiger partial charge on any atom is 0.217 e. The lowest BCUT2D eigenvalue weighted by Gasteiger charge is -1.98. The van der Waals surface area contributed by atoms with E-state index in [1.165, 1.54) is 0 Å². The van der Waals surface area contributed by atoms with Crippen LogP contribution in [-0.4, -0.2) is 20.1 Å². The number of allylic oxidation sites excluding steroid dienone is 2. The van der Waals surface area contributed by atoms with E-state index < -0.39 is 10.4 Å². The predicted molar refractivity (Wildman–Crippen MR) is 36.9 cm³/mol. The molecule has 0 aromatic rings. The molecule has 0 aromatic carbocycles. The Bertz CT molecular complexity index is 231. The van der Waals surface area contributed by atoms with Gasteiger partial charge in [-0.2, -0.15) is 0 Å². The van der Waals surface area contributed by atoms with Crippen LogP contribution in [0.3, 0.4) is 0 Å². The molecule has 0 radical (unpaired) electrons. The fraction of sp³-hybridized carbons (Fsp3) is 0.200. The zero-order valence-electron chi connectivity index (χ0n) is 5.93. The van der Waals surface area contributed by atoms with Crippen molar-refractivity contribution in [2.45, 2.75) is 0 Å². The van der Waals surface area contributed by atoms with Crippen LogP contribution in [-0.2, 0) is 14.6 Å². The van der Waals surface area contributed by atoms with Gasteiger partial charge in [0, 0.05) is 0 Å². The fourth-order valence-electron chi connectivity index (χ4n) is 0.321. The van der Waals surface area contributed by atoms with Gasteiger partial charge in [-0.1, -0.05) is 0 Å². The van der Waals surface area contributed by atoms with Crippen LogP contribution in [0.4, 0.5) is 0 Å². The quantitative estimate of drug-likeness (QED) is 0.400. The Morgan fingerprint density at radius 3 is 1.82 bits per heavy atom. The number of rotatable bonds is 1. The van der Waals surface area contributed by atoms with Crippen molar-refractivity contribution in [2.24, 2.45) is 0 Å². The van der Waals surface area contributed by atoms with Gasteiger partial charge in [0.2, 0.25) is 10.4 Å². The first-order valence-electron chi connectivity index (χ1n) is 2.74. The molecule has 0 aliphatic carbocycles. The molecule has 0 fully saturated rings. The average molecular weight is 179 g/mol. The minimum atomic E-state index is -4.41. The molecule has 64 valence electrons.